The van der Waals surface area contributed by atoms with Crippen molar-refractivity contribution in [2.45, 2.75) is 4.90 Å². The van der Waals surface area contributed by atoms with Crippen molar-refractivity contribution in [3.63, 3.8) is 0 Å². The molecule has 0 aliphatic rings. The molecule has 0 aliphatic carbocycles. The van der Waals surface area contributed by atoms with Crippen molar-refractivity contribution in [3.05, 3.63) is 42.0 Å². The zero-order valence-corrected chi connectivity index (χ0v) is 8.67. The molecule has 0 fully saturated rings. The van der Waals surface area contributed by atoms with Crippen LogP contribution in [-0.2, 0) is 0 Å². The Morgan fingerprint density at radius 3 is 2.71 bits per heavy atom. The molecule has 0 spiro atoms. The Labute approximate surface area is 87.1 Å². The summed E-state index contributed by atoms with van der Waals surface area (Å²) in [6.07, 6.45) is 2.92. The van der Waals surface area contributed by atoms with E-state index in [4.69, 9.17) is 0 Å². The van der Waals surface area contributed by atoms with E-state index in [2.05, 4.69) is 6.07 Å². The van der Waals surface area contributed by atoms with E-state index in [0.29, 0.717) is 0 Å². The van der Waals surface area contributed by atoms with E-state index in [9.17, 15) is 4.79 Å². The van der Waals surface area contributed by atoms with Gasteiger partial charge in [-0.15, -0.1) is 11.8 Å². The van der Waals surface area contributed by atoms with Gasteiger partial charge in [-0.1, -0.05) is 24.3 Å². The normalized spacial score (nSPS) is 10.4. The predicted molar refractivity (Wildman–Crippen MR) is 61.1 cm³/mol. The Bertz CT molecular complexity index is 477. The van der Waals surface area contributed by atoms with Crippen molar-refractivity contribution in [3.8, 4) is 0 Å². The van der Waals surface area contributed by atoms with Gasteiger partial charge in [-0.2, -0.15) is 0 Å². The molecular weight excluding hydrogens is 192 g/mol. The lowest BCUT2D eigenvalue weighted by atomic mass is 10.1. The second-order valence-corrected chi connectivity index (χ2v) is 3.91. The lowest BCUT2D eigenvalue weighted by molar-refractivity contribution is 0.112. The fourth-order valence-electron chi connectivity index (χ4n) is 1.53. The van der Waals surface area contributed by atoms with Gasteiger partial charge in [-0.3, -0.25) is 4.79 Å². The first-order valence-corrected chi connectivity index (χ1v) is 5.59. The molecule has 0 aromatic heterocycles. The van der Waals surface area contributed by atoms with Crippen LogP contribution in [0.2, 0.25) is 0 Å². The average molecular weight is 202 g/mol. The van der Waals surface area contributed by atoms with Crippen LogP contribution in [0.4, 0.5) is 0 Å². The first-order chi connectivity index (χ1) is 6.85. The van der Waals surface area contributed by atoms with Gasteiger partial charge < -0.3 is 0 Å². The van der Waals surface area contributed by atoms with Gasteiger partial charge in [0.15, 0.2) is 0 Å². The SMILES string of the molecule is CSc1cc(C=O)cc2ccccc12. The van der Waals surface area contributed by atoms with E-state index < -0.39 is 0 Å². The largest absolute Gasteiger partial charge is 0.298 e. The summed E-state index contributed by atoms with van der Waals surface area (Å²) < 4.78 is 0. The molecule has 0 aliphatic heterocycles. The number of hydrogen-bond donors (Lipinski definition) is 0. The van der Waals surface area contributed by atoms with Crippen LogP contribution < -0.4 is 0 Å². The van der Waals surface area contributed by atoms with Gasteiger partial charge in [0.05, 0.1) is 0 Å². The third-order valence-corrected chi connectivity index (χ3v) is 2.98. The smallest absolute Gasteiger partial charge is 0.150 e. The van der Waals surface area contributed by atoms with E-state index in [1.165, 1.54) is 5.39 Å². The van der Waals surface area contributed by atoms with Gasteiger partial charge >= 0.3 is 0 Å². The maximum Gasteiger partial charge on any atom is 0.150 e. The third-order valence-electron chi connectivity index (χ3n) is 2.20. The van der Waals surface area contributed by atoms with Crippen LogP contribution in [0.3, 0.4) is 0 Å². The van der Waals surface area contributed by atoms with E-state index in [1.807, 2.05) is 36.6 Å². The van der Waals surface area contributed by atoms with Crippen LogP contribution in [0.5, 0.6) is 0 Å². The van der Waals surface area contributed by atoms with E-state index >= 15 is 0 Å². The molecule has 0 bridgehead atoms. The Morgan fingerprint density at radius 1 is 1.21 bits per heavy atom. The minimum absolute atomic E-state index is 0.744. The number of rotatable bonds is 2. The molecule has 0 heterocycles. The fraction of sp³-hybridized carbons (Fsp3) is 0.0833. The van der Waals surface area contributed by atoms with E-state index in [0.717, 1.165) is 22.1 Å². The summed E-state index contributed by atoms with van der Waals surface area (Å²) >= 11 is 1.67. The van der Waals surface area contributed by atoms with Crippen molar-refractivity contribution >= 4 is 28.8 Å². The van der Waals surface area contributed by atoms with Crippen molar-refractivity contribution < 1.29 is 4.79 Å². The van der Waals surface area contributed by atoms with Crippen molar-refractivity contribution in [1.29, 1.82) is 0 Å². The Kier molecular flexibility index (Phi) is 2.55. The van der Waals surface area contributed by atoms with Crippen molar-refractivity contribution in [2.24, 2.45) is 0 Å². The number of carbonyl (C=O) groups is 1. The molecule has 2 aromatic carbocycles. The number of hydrogen-bond acceptors (Lipinski definition) is 2. The summed E-state index contributed by atoms with van der Waals surface area (Å²) in [5.41, 5.74) is 0.744. The Balaban J connectivity index is 2.79. The molecule has 70 valence electrons. The van der Waals surface area contributed by atoms with Gasteiger partial charge in [0.25, 0.3) is 0 Å². The van der Waals surface area contributed by atoms with E-state index in [-0.39, 0.29) is 0 Å². The molecule has 0 atom stereocenters. The summed E-state index contributed by atoms with van der Waals surface area (Å²) in [5.74, 6) is 0. The molecule has 0 saturated carbocycles. The van der Waals surface area contributed by atoms with Gasteiger partial charge in [-0.05, 0) is 29.2 Å². The van der Waals surface area contributed by atoms with E-state index in [1.54, 1.807) is 11.8 Å². The quantitative estimate of drug-likeness (QED) is 0.548. The summed E-state index contributed by atoms with van der Waals surface area (Å²) in [5, 5.41) is 2.34. The highest BCUT2D eigenvalue weighted by Gasteiger charge is 2.01. The monoisotopic (exact) mass is 202 g/mol. The molecule has 0 amide bonds. The summed E-state index contributed by atoms with van der Waals surface area (Å²) in [4.78, 5) is 11.9. The highest BCUT2D eigenvalue weighted by molar-refractivity contribution is 7.98. The standard InChI is InChI=1S/C12H10OS/c1-14-12-7-9(8-13)6-10-4-2-3-5-11(10)12/h2-8H,1H3. The minimum Gasteiger partial charge on any atom is -0.298 e. The highest BCUT2D eigenvalue weighted by atomic mass is 32.2. The topological polar surface area (TPSA) is 17.1 Å². The molecule has 2 aromatic rings. The number of fused-ring (bicyclic) bond motifs is 1. The molecule has 0 radical (unpaired) electrons. The van der Waals surface area contributed by atoms with Gasteiger partial charge in [0.2, 0.25) is 0 Å². The van der Waals surface area contributed by atoms with Crippen LogP contribution in [0.15, 0.2) is 41.3 Å². The van der Waals surface area contributed by atoms with Gasteiger partial charge in [0, 0.05) is 10.5 Å². The van der Waals surface area contributed by atoms with Crippen molar-refractivity contribution in [2.75, 3.05) is 6.26 Å². The summed E-state index contributed by atoms with van der Waals surface area (Å²) in [6, 6.07) is 12.0. The van der Waals surface area contributed by atoms with Crippen LogP contribution in [0.1, 0.15) is 10.4 Å². The first-order valence-electron chi connectivity index (χ1n) is 4.37. The number of aldehydes is 1. The lowest BCUT2D eigenvalue weighted by Gasteiger charge is -2.04. The summed E-state index contributed by atoms with van der Waals surface area (Å²) in [7, 11) is 0. The Hall–Kier alpha value is -1.28. The summed E-state index contributed by atoms with van der Waals surface area (Å²) in [6.45, 7) is 0. The van der Waals surface area contributed by atoms with Gasteiger partial charge in [0.1, 0.15) is 6.29 Å². The second kappa shape index (κ2) is 3.84. The van der Waals surface area contributed by atoms with Crippen LogP contribution in [0, 0.1) is 0 Å². The molecule has 2 heteroatoms. The zero-order valence-electron chi connectivity index (χ0n) is 7.86. The maximum atomic E-state index is 10.7. The Morgan fingerprint density at radius 2 is 2.00 bits per heavy atom. The predicted octanol–water partition coefficient (Wildman–Crippen LogP) is 3.37. The lowest BCUT2D eigenvalue weighted by Crippen LogP contribution is -1.83. The number of carbonyl (C=O) groups excluding carboxylic acids is 1. The first kappa shape index (κ1) is 9.28. The van der Waals surface area contributed by atoms with Crippen LogP contribution in [0.25, 0.3) is 10.8 Å². The molecule has 14 heavy (non-hydrogen) atoms. The molecule has 1 nitrogen and oxygen atoms in total. The van der Waals surface area contributed by atoms with Crippen LogP contribution >= 0.6 is 11.8 Å². The number of benzene rings is 2. The zero-order chi connectivity index (χ0) is 9.97. The fourth-order valence-corrected chi connectivity index (χ4v) is 2.19. The van der Waals surface area contributed by atoms with Crippen molar-refractivity contribution in [1.82, 2.24) is 0 Å². The van der Waals surface area contributed by atoms with Gasteiger partial charge in [-0.25, -0.2) is 0 Å². The highest BCUT2D eigenvalue weighted by Crippen LogP contribution is 2.27. The number of thioether (sulfide) groups is 1. The third kappa shape index (κ3) is 1.53. The maximum absolute atomic E-state index is 10.7. The molecule has 2 rings (SSSR count). The minimum atomic E-state index is 0.744. The second-order valence-electron chi connectivity index (χ2n) is 3.06. The van der Waals surface area contributed by atoms with Crippen LogP contribution in [-0.4, -0.2) is 12.5 Å². The molecule has 0 unspecified atom stereocenters. The molecule has 0 saturated heterocycles. The molecule has 0 N–H and O–H groups in total. The molecular formula is C12H10OS. The average Bonchev–Trinajstić information content (AvgIpc) is 2.27.